The van der Waals surface area contributed by atoms with Gasteiger partial charge in [-0.3, -0.25) is 9.59 Å². The van der Waals surface area contributed by atoms with Crippen molar-refractivity contribution >= 4 is 11.8 Å². The van der Waals surface area contributed by atoms with Crippen molar-refractivity contribution in [2.45, 2.75) is 58.3 Å². The lowest BCUT2D eigenvalue weighted by Crippen LogP contribution is -2.18. The van der Waals surface area contributed by atoms with Gasteiger partial charge in [0.25, 0.3) is 0 Å². The second-order valence-corrected chi connectivity index (χ2v) is 5.00. The number of Topliss-reactive ketones (excluding diaryl/α,β-unsaturated/α-hetero) is 1. The Morgan fingerprint density at radius 1 is 1.35 bits per heavy atom. The molecule has 0 aliphatic heterocycles. The first-order valence-electron chi connectivity index (χ1n) is 6.78. The Balaban J connectivity index is 2.36. The topological polar surface area (TPSA) is 43.4 Å². The van der Waals surface area contributed by atoms with E-state index in [1.165, 1.54) is 26.4 Å². The van der Waals surface area contributed by atoms with Gasteiger partial charge in [0.2, 0.25) is 0 Å². The number of carbonyl (C=O) groups excluding carboxylic acids is 2. The molecular formula is C14H24O3. The summed E-state index contributed by atoms with van der Waals surface area (Å²) in [5, 5.41) is 0. The summed E-state index contributed by atoms with van der Waals surface area (Å²) in [6.45, 7) is 2.18. The summed E-state index contributed by atoms with van der Waals surface area (Å²) in [4.78, 5) is 23.0. The van der Waals surface area contributed by atoms with Gasteiger partial charge in [0.05, 0.1) is 7.11 Å². The first kappa shape index (κ1) is 14.2. The summed E-state index contributed by atoms with van der Waals surface area (Å²) in [5.41, 5.74) is 0. The maximum atomic E-state index is 11.8. The summed E-state index contributed by atoms with van der Waals surface area (Å²) in [5.74, 6) is 0.529. The molecule has 0 amide bonds. The van der Waals surface area contributed by atoms with E-state index >= 15 is 0 Å². The molecule has 0 aromatic carbocycles. The van der Waals surface area contributed by atoms with Crippen LogP contribution < -0.4 is 0 Å². The number of ketones is 1. The lowest BCUT2D eigenvalue weighted by molar-refractivity contribution is -0.142. The minimum atomic E-state index is -0.178. The first-order valence-corrected chi connectivity index (χ1v) is 6.78. The number of esters is 1. The van der Waals surface area contributed by atoms with E-state index in [-0.39, 0.29) is 17.8 Å². The van der Waals surface area contributed by atoms with Gasteiger partial charge < -0.3 is 4.74 Å². The molecule has 2 atom stereocenters. The quantitative estimate of drug-likeness (QED) is 0.507. The molecule has 0 bridgehead atoms. The van der Waals surface area contributed by atoms with E-state index in [1.54, 1.807) is 0 Å². The highest BCUT2D eigenvalue weighted by molar-refractivity contribution is 5.84. The van der Waals surface area contributed by atoms with Crippen LogP contribution in [0.25, 0.3) is 0 Å². The lowest BCUT2D eigenvalue weighted by Gasteiger charge is -2.16. The molecule has 17 heavy (non-hydrogen) atoms. The summed E-state index contributed by atoms with van der Waals surface area (Å²) >= 11 is 0. The maximum absolute atomic E-state index is 11.8. The van der Waals surface area contributed by atoms with Crippen LogP contribution in [0.2, 0.25) is 0 Å². The third kappa shape index (κ3) is 4.49. The van der Waals surface area contributed by atoms with Crippen molar-refractivity contribution < 1.29 is 14.3 Å². The fourth-order valence-electron chi connectivity index (χ4n) is 2.71. The zero-order valence-electron chi connectivity index (χ0n) is 11.0. The number of unbranched alkanes of at least 4 members (excludes halogenated alkanes) is 3. The molecule has 0 aromatic rings. The molecule has 0 heterocycles. The molecule has 0 radical (unpaired) electrons. The molecular weight excluding hydrogens is 216 g/mol. The Bertz CT molecular complexity index is 260. The highest BCUT2D eigenvalue weighted by atomic mass is 16.5. The molecule has 0 N–H and O–H groups in total. The molecule has 0 saturated heterocycles. The molecule has 1 fully saturated rings. The van der Waals surface area contributed by atoms with E-state index in [0.717, 1.165) is 19.3 Å². The molecule has 1 aliphatic carbocycles. The number of rotatable bonds is 7. The van der Waals surface area contributed by atoms with E-state index < -0.39 is 0 Å². The average molecular weight is 240 g/mol. The maximum Gasteiger partial charge on any atom is 0.305 e. The van der Waals surface area contributed by atoms with Crippen molar-refractivity contribution in [3.8, 4) is 0 Å². The van der Waals surface area contributed by atoms with Gasteiger partial charge in [0.1, 0.15) is 5.78 Å². The Hall–Kier alpha value is -0.860. The van der Waals surface area contributed by atoms with E-state index in [0.29, 0.717) is 18.6 Å². The second-order valence-electron chi connectivity index (χ2n) is 5.00. The highest BCUT2D eigenvalue weighted by Gasteiger charge is 2.35. The summed E-state index contributed by atoms with van der Waals surface area (Å²) in [7, 11) is 1.41. The molecule has 3 heteroatoms. The predicted molar refractivity (Wildman–Crippen MR) is 66.6 cm³/mol. The van der Waals surface area contributed by atoms with Crippen molar-refractivity contribution in [2.24, 2.45) is 11.8 Å². The van der Waals surface area contributed by atoms with Crippen molar-refractivity contribution in [3.05, 3.63) is 0 Å². The number of methoxy groups -OCH3 is 1. The van der Waals surface area contributed by atoms with Crippen LogP contribution in [0.5, 0.6) is 0 Å². The molecule has 1 rings (SSSR count). The fourth-order valence-corrected chi connectivity index (χ4v) is 2.71. The molecule has 98 valence electrons. The molecule has 1 aliphatic rings. The van der Waals surface area contributed by atoms with Crippen molar-refractivity contribution in [2.75, 3.05) is 7.11 Å². The SMILES string of the molecule is CCCCCCC1C(=O)CCC1CC(=O)OC. The first-order chi connectivity index (χ1) is 8.19. The van der Waals surface area contributed by atoms with E-state index in [1.807, 2.05) is 0 Å². The van der Waals surface area contributed by atoms with Crippen LogP contribution in [0, 0.1) is 11.8 Å². The monoisotopic (exact) mass is 240 g/mol. The van der Waals surface area contributed by atoms with Crippen LogP contribution in [0.4, 0.5) is 0 Å². The van der Waals surface area contributed by atoms with Crippen LogP contribution in [0.3, 0.4) is 0 Å². The third-order valence-electron chi connectivity index (χ3n) is 3.77. The Morgan fingerprint density at radius 3 is 2.76 bits per heavy atom. The Morgan fingerprint density at radius 2 is 2.12 bits per heavy atom. The van der Waals surface area contributed by atoms with Gasteiger partial charge in [-0.15, -0.1) is 0 Å². The standard InChI is InChI=1S/C14H24O3/c1-3-4-5-6-7-12-11(8-9-13(12)15)10-14(16)17-2/h11-12H,3-10H2,1-2H3. The number of ether oxygens (including phenoxy) is 1. The summed E-state index contributed by atoms with van der Waals surface area (Å²) < 4.78 is 4.69. The Labute approximate surface area is 104 Å². The minimum absolute atomic E-state index is 0.117. The smallest absolute Gasteiger partial charge is 0.305 e. The predicted octanol–water partition coefficient (Wildman–Crippen LogP) is 3.12. The molecule has 0 spiro atoms. The van der Waals surface area contributed by atoms with Crippen LogP contribution in [-0.2, 0) is 14.3 Å². The van der Waals surface area contributed by atoms with E-state index in [9.17, 15) is 9.59 Å². The largest absolute Gasteiger partial charge is 0.469 e. The van der Waals surface area contributed by atoms with Gasteiger partial charge >= 0.3 is 5.97 Å². The summed E-state index contributed by atoms with van der Waals surface area (Å²) in [6.07, 6.45) is 7.66. The second kappa shape index (κ2) is 7.46. The summed E-state index contributed by atoms with van der Waals surface area (Å²) in [6, 6.07) is 0. The van der Waals surface area contributed by atoms with Crippen LogP contribution in [-0.4, -0.2) is 18.9 Å². The van der Waals surface area contributed by atoms with E-state index in [2.05, 4.69) is 11.7 Å². The molecule has 2 unspecified atom stereocenters. The normalized spacial score (nSPS) is 24.0. The molecule has 1 saturated carbocycles. The van der Waals surface area contributed by atoms with Crippen LogP contribution >= 0.6 is 0 Å². The van der Waals surface area contributed by atoms with Crippen LogP contribution in [0.15, 0.2) is 0 Å². The minimum Gasteiger partial charge on any atom is -0.469 e. The van der Waals surface area contributed by atoms with Crippen LogP contribution in [0.1, 0.15) is 58.3 Å². The molecule has 0 aromatic heterocycles. The van der Waals surface area contributed by atoms with Crippen molar-refractivity contribution in [3.63, 3.8) is 0 Å². The highest BCUT2D eigenvalue weighted by Crippen LogP contribution is 2.35. The van der Waals surface area contributed by atoms with Gasteiger partial charge in [-0.05, 0) is 18.8 Å². The number of carbonyl (C=O) groups is 2. The van der Waals surface area contributed by atoms with Gasteiger partial charge in [0.15, 0.2) is 0 Å². The number of hydrogen-bond donors (Lipinski definition) is 0. The van der Waals surface area contributed by atoms with Gasteiger partial charge in [-0.25, -0.2) is 0 Å². The number of hydrogen-bond acceptors (Lipinski definition) is 3. The zero-order chi connectivity index (χ0) is 12.7. The molecule has 3 nitrogen and oxygen atoms in total. The average Bonchev–Trinajstić information content (AvgIpc) is 2.66. The fraction of sp³-hybridized carbons (Fsp3) is 0.857. The van der Waals surface area contributed by atoms with Crippen molar-refractivity contribution in [1.82, 2.24) is 0 Å². The Kier molecular flexibility index (Phi) is 6.23. The van der Waals surface area contributed by atoms with E-state index in [4.69, 9.17) is 0 Å². The third-order valence-corrected chi connectivity index (χ3v) is 3.77. The van der Waals surface area contributed by atoms with Crippen molar-refractivity contribution in [1.29, 1.82) is 0 Å². The lowest BCUT2D eigenvalue weighted by atomic mass is 9.88. The van der Waals surface area contributed by atoms with Gasteiger partial charge in [-0.1, -0.05) is 32.6 Å². The zero-order valence-corrected chi connectivity index (χ0v) is 11.0. The van der Waals surface area contributed by atoms with Gasteiger partial charge in [-0.2, -0.15) is 0 Å². The van der Waals surface area contributed by atoms with Gasteiger partial charge in [0, 0.05) is 18.8 Å².